The fourth-order valence-corrected chi connectivity index (χ4v) is 4.71. The number of carbonyl (C=O) groups excluding carboxylic acids is 1. The standard InChI is InChI=1S/C20H29ClN4O2/c21-17-11-16(19-15(18(17)22)5-10-27-19)20(26)24-14-3-8-25(9-4-14)12-13-1-6-23-7-2-13/h11,13-14,23H,1-10,12,22H2,(H,24,26). The maximum atomic E-state index is 12.8. The Balaban J connectivity index is 1.32. The zero-order valence-electron chi connectivity index (χ0n) is 15.7. The molecule has 4 rings (SSSR count). The Morgan fingerprint density at radius 3 is 2.78 bits per heavy atom. The van der Waals surface area contributed by atoms with Gasteiger partial charge in [0.15, 0.2) is 0 Å². The Morgan fingerprint density at radius 1 is 1.30 bits per heavy atom. The molecule has 3 heterocycles. The minimum atomic E-state index is -0.105. The molecule has 0 saturated carbocycles. The number of hydrogen-bond acceptors (Lipinski definition) is 5. The monoisotopic (exact) mass is 392 g/mol. The number of amides is 1. The summed E-state index contributed by atoms with van der Waals surface area (Å²) in [6.07, 6.45) is 5.24. The van der Waals surface area contributed by atoms with E-state index in [0.717, 1.165) is 50.5 Å². The molecule has 1 amide bonds. The van der Waals surface area contributed by atoms with Crippen LogP contribution in [0.15, 0.2) is 6.07 Å². The number of ether oxygens (including phenoxy) is 1. The second kappa shape index (κ2) is 8.25. The van der Waals surface area contributed by atoms with Crippen LogP contribution in [0, 0.1) is 5.92 Å². The van der Waals surface area contributed by atoms with Gasteiger partial charge in [-0.15, -0.1) is 0 Å². The van der Waals surface area contributed by atoms with Crippen LogP contribution < -0.4 is 21.1 Å². The SMILES string of the molecule is Nc1c(Cl)cc(C(=O)NC2CCN(CC3CCNCC3)CC2)c2c1CCO2. The van der Waals surface area contributed by atoms with E-state index in [1.807, 2.05) is 0 Å². The Hall–Kier alpha value is -1.50. The van der Waals surface area contributed by atoms with E-state index in [1.165, 1.54) is 19.4 Å². The topological polar surface area (TPSA) is 79.6 Å². The molecule has 0 radical (unpaired) electrons. The highest BCUT2D eigenvalue weighted by molar-refractivity contribution is 6.33. The van der Waals surface area contributed by atoms with Gasteiger partial charge in [0.05, 0.1) is 22.9 Å². The number of carbonyl (C=O) groups is 1. The number of benzene rings is 1. The van der Waals surface area contributed by atoms with E-state index >= 15 is 0 Å². The van der Waals surface area contributed by atoms with Crippen molar-refractivity contribution in [1.82, 2.24) is 15.5 Å². The molecule has 0 atom stereocenters. The van der Waals surface area contributed by atoms with Crippen LogP contribution in [0.2, 0.25) is 5.02 Å². The highest BCUT2D eigenvalue weighted by Gasteiger charge is 2.28. The first-order valence-electron chi connectivity index (χ1n) is 10.1. The summed E-state index contributed by atoms with van der Waals surface area (Å²) < 4.78 is 5.66. The molecule has 148 valence electrons. The summed E-state index contributed by atoms with van der Waals surface area (Å²) in [6.45, 7) is 6.13. The molecular formula is C20H29ClN4O2. The van der Waals surface area contributed by atoms with Crippen LogP contribution in [0.3, 0.4) is 0 Å². The lowest BCUT2D eigenvalue weighted by Crippen LogP contribution is -2.46. The zero-order valence-corrected chi connectivity index (χ0v) is 16.5. The molecule has 2 saturated heterocycles. The average molecular weight is 393 g/mol. The van der Waals surface area contributed by atoms with E-state index in [4.69, 9.17) is 22.1 Å². The fourth-order valence-electron chi connectivity index (χ4n) is 4.49. The highest BCUT2D eigenvalue weighted by Crippen LogP contribution is 2.38. The van der Waals surface area contributed by atoms with Crippen molar-refractivity contribution in [2.24, 2.45) is 5.92 Å². The van der Waals surface area contributed by atoms with Crippen molar-refractivity contribution >= 4 is 23.2 Å². The number of hydrogen-bond donors (Lipinski definition) is 3. The number of halogens is 1. The Kier molecular flexibility index (Phi) is 5.76. The van der Waals surface area contributed by atoms with Gasteiger partial charge in [0.25, 0.3) is 5.91 Å². The third-order valence-electron chi connectivity index (χ3n) is 6.11. The maximum Gasteiger partial charge on any atom is 0.255 e. The van der Waals surface area contributed by atoms with Crippen LogP contribution in [0.25, 0.3) is 0 Å². The average Bonchev–Trinajstić information content (AvgIpc) is 3.17. The number of fused-ring (bicyclic) bond motifs is 1. The van der Waals surface area contributed by atoms with E-state index in [1.54, 1.807) is 6.07 Å². The van der Waals surface area contributed by atoms with Gasteiger partial charge in [0, 0.05) is 37.7 Å². The second-order valence-electron chi connectivity index (χ2n) is 7.97. The molecule has 0 unspecified atom stereocenters. The van der Waals surface area contributed by atoms with Crippen molar-refractivity contribution in [3.63, 3.8) is 0 Å². The first-order chi connectivity index (χ1) is 13.1. The van der Waals surface area contributed by atoms with E-state index < -0.39 is 0 Å². The first-order valence-corrected chi connectivity index (χ1v) is 10.5. The predicted molar refractivity (Wildman–Crippen MR) is 108 cm³/mol. The molecule has 0 aromatic heterocycles. The predicted octanol–water partition coefficient (Wildman–Crippen LogP) is 2.05. The second-order valence-corrected chi connectivity index (χ2v) is 8.37. The van der Waals surface area contributed by atoms with Crippen molar-refractivity contribution in [1.29, 1.82) is 0 Å². The number of nitrogens with two attached hydrogens (primary N) is 1. The van der Waals surface area contributed by atoms with Gasteiger partial charge in [-0.25, -0.2) is 0 Å². The molecule has 6 nitrogen and oxygen atoms in total. The number of rotatable bonds is 4. The van der Waals surface area contributed by atoms with Gasteiger partial charge >= 0.3 is 0 Å². The van der Waals surface area contributed by atoms with E-state index in [2.05, 4.69) is 15.5 Å². The van der Waals surface area contributed by atoms with Gasteiger partial charge in [0.1, 0.15) is 5.75 Å². The van der Waals surface area contributed by atoms with Crippen molar-refractivity contribution in [3.05, 3.63) is 22.2 Å². The molecule has 2 fully saturated rings. The third kappa shape index (κ3) is 4.18. The molecule has 27 heavy (non-hydrogen) atoms. The Morgan fingerprint density at radius 2 is 2.04 bits per heavy atom. The quantitative estimate of drug-likeness (QED) is 0.683. The number of nitrogens with one attached hydrogen (secondary N) is 2. The molecule has 0 aliphatic carbocycles. The Labute approximate surface area is 165 Å². The molecular weight excluding hydrogens is 364 g/mol. The number of nitrogens with zero attached hydrogens (tertiary/aromatic N) is 1. The molecule has 1 aromatic carbocycles. The molecule has 4 N–H and O–H groups in total. The van der Waals surface area contributed by atoms with Crippen LogP contribution in [0.5, 0.6) is 5.75 Å². The zero-order chi connectivity index (χ0) is 18.8. The van der Waals surface area contributed by atoms with Crippen molar-refractivity contribution in [2.75, 3.05) is 45.1 Å². The first kappa shape index (κ1) is 18.8. The van der Waals surface area contributed by atoms with Crippen LogP contribution in [-0.2, 0) is 6.42 Å². The van der Waals surface area contributed by atoms with Crippen LogP contribution >= 0.6 is 11.6 Å². The van der Waals surface area contributed by atoms with E-state index in [0.29, 0.717) is 35.1 Å². The number of nitrogen functional groups attached to an aromatic ring is 1. The van der Waals surface area contributed by atoms with Crippen LogP contribution in [-0.4, -0.2) is 56.2 Å². The summed E-state index contributed by atoms with van der Waals surface area (Å²) in [5, 5.41) is 7.04. The summed E-state index contributed by atoms with van der Waals surface area (Å²) in [4.78, 5) is 15.4. The number of likely N-dealkylation sites (tertiary alicyclic amines) is 1. The van der Waals surface area contributed by atoms with Crippen molar-refractivity contribution < 1.29 is 9.53 Å². The molecule has 0 bridgehead atoms. The molecule has 1 aromatic rings. The largest absolute Gasteiger partial charge is 0.492 e. The van der Waals surface area contributed by atoms with Gasteiger partial charge in [0.2, 0.25) is 0 Å². The van der Waals surface area contributed by atoms with Crippen LogP contribution in [0.1, 0.15) is 41.6 Å². The normalized spacial score (nSPS) is 21.7. The van der Waals surface area contributed by atoms with E-state index in [9.17, 15) is 4.79 Å². The van der Waals surface area contributed by atoms with Gasteiger partial charge < -0.3 is 26.0 Å². The van der Waals surface area contributed by atoms with Gasteiger partial charge in [-0.2, -0.15) is 0 Å². The molecule has 3 aliphatic heterocycles. The van der Waals surface area contributed by atoms with Crippen molar-refractivity contribution in [3.8, 4) is 5.75 Å². The Bertz CT molecular complexity index is 698. The summed E-state index contributed by atoms with van der Waals surface area (Å²) in [5.74, 6) is 1.32. The fraction of sp³-hybridized carbons (Fsp3) is 0.650. The molecule has 7 heteroatoms. The van der Waals surface area contributed by atoms with Crippen LogP contribution in [0.4, 0.5) is 5.69 Å². The summed E-state index contributed by atoms with van der Waals surface area (Å²) >= 11 is 6.22. The highest BCUT2D eigenvalue weighted by atomic mass is 35.5. The summed E-state index contributed by atoms with van der Waals surface area (Å²) in [7, 11) is 0. The number of piperidine rings is 2. The van der Waals surface area contributed by atoms with E-state index in [-0.39, 0.29) is 11.9 Å². The van der Waals surface area contributed by atoms with Crippen molar-refractivity contribution in [2.45, 2.75) is 38.1 Å². The summed E-state index contributed by atoms with van der Waals surface area (Å²) in [5.41, 5.74) is 7.94. The van der Waals surface area contributed by atoms with Gasteiger partial charge in [-0.3, -0.25) is 4.79 Å². The summed E-state index contributed by atoms with van der Waals surface area (Å²) in [6, 6.07) is 1.85. The lowest BCUT2D eigenvalue weighted by molar-refractivity contribution is 0.0899. The molecule has 0 spiro atoms. The lowest BCUT2D eigenvalue weighted by atomic mass is 9.95. The molecule has 3 aliphatic rings. The van der Waals surface area contributed by atoms with Gasteiger partial charge in [-0.1, -0.05) is 11.6 Å². The maximum absolute atomic E-state index is 12.8. The number of anilines is 1. The minimum Gasteiger partial charge on any atom is -0.492 e. The minimum absolute atomic E-state index is 0.105. The third-order valence-corrected chi connectivity index (χ3v) is 6.43. The van der Waals surface area contributed by atoms with Gasteiger partial charge in [-0.05, 0) is 50.8 Å². The smallest absolute Gasteiger partial charge is 0.255 e. The lowest BCUT2D eigenvalue weighted by Gasteiger charge is -2.35.